The Morgan fingerprint density at radius 3 is 1.04 bits per heavy atom. The molecule has 7 aliphatic heterocycles. The molecule has 0 bridgehead atoms. The Kier molecular flexibility index (Phi) is 38.3. The van der Waals surface area contributed by atoms with Crippen molar-refractivity contribution in [3.8, 4) is 0 Å². The Morgan fingerprint density at radius 1 is 0.404 bits per heavy atom. The number of likely N-dealkylation sites (tertiary alicyclic amines) is 6. The van der Waals surface area contributed by atoms with Crippen LogP contribution in [-0.4, -0.2) is 219 Å². The molecule has 0 aromatic heterocycles. The Labute approximate surface area is 583 Å². The molecular weight excluding hydrogens is 1180 g/mol. The van der Waals surface area contributed by atoms with E-state index < -0.39 is 17.8 Å². The van der Waals surface area contributed by atoms with Crippen LogP contribution in [0.5, 0.6) is 0 Å². The molecule has 0 spiro atoms. The molecule has 7 heterocycles. The average Bonchev–Trinajstić information content (AvgIpc) is 1.02. The fourth-order valence-corrected chi connectivity index (χ4v) is 12.7. The second-order valence-corrected chi connectivity index (χ2v) is 38.3. The van der Waals surface area contributed by atoms with E-state index in [9.17, 15) is 17.6 Å². The number of nitrogens with zero attached hydrogens (tertiary/aromatic N) is 8. The van der Waals surface area contributed by atoms with Crippen molar-refractivity contribution in [2.45, 2.75) is 371 Å². The molecule has 558 valence electrons. The normalized spacial score (nSPS) is 24.1. The first-order valence-electron chi connectivity index (χ1n) is 37.9. The zero-order valence-electron chi connectivity index (χ0n) is 68.0. The Hall–Kier alpha value is -1.42. The van der Waals surface area contributed by atoms with Crippen molar-refractivity contribution in [3.63, 3.8) is 0 Å². The van der Waals surface area contributed by atoms with Crippen molar-refractivity contribution in [3.05, 3.63) is 35.9 Å². The van der Waals surface area contributed by atoms with Crippen molar-refractivity contribution in [1.29, 1.82) is 0 Å². The minimum Gasteiger partial charge on any atom is -0.379 e. The summed E-state index contributed by atoms with van der Waals surface area (Å²) >= 11 is 0. The molecular formula is C81H160F4N8O. The predicted molar refractivity (Wildman–Crippen MR) is 404 cm³/mol. The smallest absolute Gasteiger partial charge is 0.250 e. The van der Waals surface area contributed by atoms with Gasteiger partial charge in [0.05, 0.1) is 13.2 Å². The van der Waals surface area contributed by atoms with Crippen LogP contribution in [0, 0.1) is 5.92 Å². The van der Waals surface area contributed by atoms with Gasteiger partial charge in [0.15, 0.2) is 0 Å². The highest BCUT2D eigenvalue weighted by molar-refractivity contribution is 5.22. The third kappa shape index (κ3) is 40.1. The summed E-state index contributed by atoms with van der Waals surface area (Å²) < 4.78 is 57.1. The van der Waals surface area contributed by atoms with Crippen molar-refractivity contribution in [2.24, 2.45) is 5.92 Å². The fourth-order valence-electron chi connectivity index (χ4n) is 12.7. The zero-order valence-corrected chi connectivity index (χ0v) is 68.0. The van der Waals surface area contributed by atoms with Crippen LogP contribution in [0.25, 0.3) is 0 Å². The van der Waals surface area contributed by atoms with Gasteiger partial charge in [-0.2, -0.15) is 0 Å². The summed E-state index contributed by atoms with van der Waals surface area (Å²) in [7, 11) is 2.22. The highest BCUT2D eigenvalue weighted by Gasteiger charge is 2.38. The summed E-state index contributed by atoms with van der Waals surface area (Å²) in [4.78, 5) is 19.3. The van der Waals surface area contributed by atoms with Gasteiger partial charge in [0.2, 0.25) is 0 Å². The molecule has 7 saturated heterocycles. The highest BCUT2D eigenvalue weighted by atomic mass is 19.3. The minimum atomic E-state index is -2.41. The molecule has 9 nitrogen and oxygen atoms in total. The molecule has 1 saturated carbocycles. The second-order valence-electron chi connectivity index (χ2n) is 38.3. The lowest BCUT2D eigenvalue weighted by Gasteiger charge is -2.43. The topological polar surface area (TPSA) is 35.2 Å². The van der Waals surface area contributed by atoms with Gasteiger partial charge in [0.25, 0.3) is 5.92 Å². The molecule has 2 unspecified atom stereocenters. The van der Waals surface area contributed by atoms with Crippen molar-refractivity contribution in [1.82, 2.24) is 39.2 Å². The van der Waals surface area contributed by atoms with Gasteiger partial charge in [0, 0.05) is 116 Å². The molecule has 0 N–H and O–H groups in total. The van der Waals surface area contributed by atoms with Crippen molar-refractivity contribution >= 4 is 0 Å². The van der Waals surface area contributed by atoms with Crippen LogP contribution < -0.4 is 0 Å². The first-order valence-corrected chi connectivity index (χ1v) is 37.9. The lowest BCUT2D eigenvalue weighted by Crippen LogP contribution is -2.51. The molecule has 0 amide bonds. The van der Waals surface area contributed by atoms with Crippen LogP contribution in [0.2, 0.25) is 0 Å². The number of ether oxygens (including phenoxy) is 1. The minimum absolute atomic E-state index is 0.0181. The molecule has 2 atom stereocenters. The second kappa shape index (κ2) is 39.7. The number of halogens is 4. The van der Waals surface area contributed by atoms with Crippen LogP contribution >= 0.6 is 0 Å². The number of rotatable bonds is 1. The molecule has 9 rings (SSSR count). The Bertz CT molecular complexity index is 2030. The van der Waals surface area contributed by atoms with E-state index in [0.717, 1.165) is 83.6 Å². The number of hydrogen-bond acceptors (Lipinski definition) is 9. The molecule has 8 fully saturated rings. The van der Waals surface area contributed by atoms with E-state index >= 15 is 0 Å². The number of piperidine rings is 5. The van der Waals surface area contributed by atoms with Gasteiger partial charge in [-0.1, -0.05) is 64.4 Å². The maximum atomic E-state index is 13.6. The number of alkyl halides is 4. The lowest BCUT2D eigenvalue weighted by atomic mass is 9.87. The van der Waals surface area contributed by atoms with Crippen LogP contribution in [0.3, 0.4) is 0 Å². The van der Waals surface area contributed by atoms with Crippen molar-refractivity contribution in [2.75, 3.05) is 112 Å². The third-order valence-electron chi connectivity index (χ3n) is 20.1. The van der Waals surface area contributed by atoms with Gasteiger partial charge in [-0.15, -0.1) is 0 Å². The maximum Gasteiger partial charge on any atom is 0.250 e. The van der Waals surface area contributed by atoms with Gasteiger partial charge in [-0.25, -0.2) is 17.6 Å². The van der Waals surface area contributed by atoms with Crippen molar-refractivity contribution < 1.29 is 22.3 Å². The van der Waals surface area contributed by atoms with E-state index in [1.807, 2.05) is 0 Å². The SMILES string of the molecule is CC(C)(C)N1CCC(F)(F)CC1.CC(C)(C)N1CCC(F)CC1.CC(C)(C)N1CCCC1.CC(C)(C)N1CCCCC1.CC(C)(C)N1CCOCC1.CC(C)(C)c1ccccc1.CC1(F)CCCN(C(C)(C)C)C1.CC1CCCN(C(C)(C)C)C1.CN(C1CC1)C(C)(C)C. The van der Waals surface area contributed by atoms with E-state index in [2.05, 4.69) is 270 Å². The number of hydrogen-bond donors (Lipinski definition) is 0. The first kappa shape index (κ1) is 90.6. The lowest BCUT2D eigenvalue weighted by molar-refractivity contribution is -0.0713. The van der Waals surface area contributed by atoms with E-state index in [-0.39, 0.29) is 29.5 Å². The van der Waals surface area contributed by atoms with Gasteiger partial charge < -0.3 is 4.74 Å². The van der Waals surface area contributed by atoms with Crippen LogP contribution in [0.15, 0.2) is 30.3 Å². The molecule has 1 aromatic rings. The van der Waals surface area contributed by atoms with Gasteiger partial charge in [-0.05, 0) is 313 Å². The Balaban J connectivity index is 0.000000530. The monoisotopic (exact) mass is 1340 g/mol. The molecule has 1 aromatic carbocycles. The predicted octanol–water partition coefficient (Wildman–Crippen LogP) is 20.0. The fraction of sp³-hybridized carbons (Fsp3) is 0.926. The largest absolute Gasteiger partial charge is 0.379 e. The summed E-state index contributed by atoms with van der Waals surface area (Å²) in [5, 5.41) is 0. The summed E-state index contributed by atoms with van der Waals surface area (Å²) in [5.74, 6) is -1.51. The van der Waals surface area contributed by atoms with E-state index in [0.29, 0.717) is 52.7 Å². The number of morpholine rings is 1. The first-order chi connectivity index (χ1) is 42.6. The molecule has 8 aliphatic rings. The summed E-state index contributed by atoms with van der Waals surface area (Å²) in [6, 6.07) is 11.4. The van der Waals surface area contributed by atoms with Gasteiger partial charge in [0.1, 0.15) is 11.8 Å². The Morgan fingerprint density at radius 2 is 0.755 bits per heavy atom. The number of benzene rings is 1. The third-order valence-corrected chi connectivity index (χ3v) is 20.1. The summed E-state index contributed by atoms with van der Waals surface area (Å²) in [5.41, 5.74) is 3.00. The van der Waals surface area contributed by atoms with E-state index in [4.69, 9.17) is 4.74 Å². The van der Waals surface area contributed by atoms with E-state index in [1.165, 1.54) is 103 Å². The van der Waals surface area contributed by atoms with Gasteiger partial charge >= 0.3 is 0 Å². The quantitative estimate of drug-likeness (QED) is 0.256. The van der Waals surface area contributed by atoms with E-state index in [1.54, 1.807) is 6.92 Å². The maximum absolute atomic E-state index is 13.6. The molecule has 0 radical (unpaired) electrons. The van der Waals surface area contributed by atoms with Crippen LogP contribution in [0.4, 0.5) is 17.6 Å². The summed E-state index contributed by atoms with van der Waals surface area (Å²) in [6.07, 6.45) is 15.3. The summed E-state index contributed by atoms with van der Waals surface area (Å²) in [6.45, 7) is 80.5. The highest BCUT2D eigenvalue weighted by Crippen LogP contribution is 2.33. The molecule has 13 heteroatoms. The molecule has 1 aliphatic carbocycles. The standard InChI is InChI=1S/C10H20FN.C10H21N.C10H14.C9H17F2N.C9H18FN.C9H19N.C8H17NO.2C8H17N/c1-9(2,3)12-7-5-6-10(4,11)8-12;1-9-6-5-7-11(8-9)10(2,3)4;1-10(2,3)9-7-5-4-6-8-9;1-8(2,3)12-6-4-9(10,11)5-7-12;1-9(2,3)11-6-4-8(10)5-7-11;1-9(2,3)10-7-5-4-6-8-10;1-8(2,3)9-4-6-10-7-5-9;1-8(2,3)9(4)7-5-6-7;1-8(2,3)9-6-4-5-7-9/h5-8H2,1-4H3;9H,5-8H2,1-4H3;4-8H,1-3H3;4-7H2,1-3H3;8H,4-7H2,1-3H3;4-8H2,1-3H3;4-7H2,1-3H3;7H,5-6H2,1-4H3;4-7H2,1-3H3. The average molecular weight is 1340 g/mol. The molecule has 94 heavy (non-hydrogen) atoms. The zero-order chi connectivity index (χ0) is 72.6. The van der Waals surface area contributed by atoms with Crippen LogP contribution in [-0.2, 0) is 10.2 Å². The van der Waals surface area contributed by atoms with Gasteiger partial charge in [-0.3, -0.25) is 39.2 Å². The van der Waals surface area contributed by atoms with Crippen LogP contribution in [0.1, 0.15) is 303 Å².